The Morgan fingerprint density at radius 3 is 2.82 bits per heavy atom. The van der Waals surface area contributed by atoms with E-state index < -0.39 is 5.60 Å². The second kappa shape index (κ2) is 5.53. The zero-order chi connectivity index (χ0) is 12.3. The molecule has 1 aromatic rings. The summed E-state index contributed by atoms with van der Waals surface area (Å²) in [6, 6.07) is 4.26. The molecule has 1 aliphatic rings. The van der Waals surface area contributed by atoms with E-state index in [2.05, 4.69) is 26.0 Å². The average molecular weight is 252 g/mol. The summed E-state index contributed by atoms with van der Waals surface area (Å²) in [7, 11) is 0. The first kappa shape index (κ1) is 13.1. The lowest BCUT2D eigenvalue weighted by Gasteiger charge is -2.25. The minimum atomic E-state index is -0.526. The molecule has 1 N–H and O–H groups in total. The number of hydrogen-bond acceptors (Lipinski definition) is 2. The third-order valence-corrected chi connectivity index (χ3v) is 5.26. The standard InChI is InChI=1S/C15H24OS/c1-3-5-13-6-4-10-15(16,11-9-13)14-8-7-12(2)17-14/h7-8,13,16H,3-6,9-11H2,1-2H3. The van der Waals surface area contributed by atoms with Crippen LogP contribution >= 0.6 is 11.3 Å². The van der Waals surface area contributed by atoms with Crippen LogP contribution in [0.3, 0.4) is 0 Å². The molecule has 1 nitrogen and oxygen atoms in total. The topological polar surface area (TPSA) is 20.2 Å². The Hall–Kier alpha value is -0.340. The minimum absolute atomic E-state index is 0.526. The smallest absolute Gasteiger partial charge is 0.0988 e. The summed E-state index contributed by atoms with van der Waals surface area (Å²) in [6.07, 6.45) is 8.20. The molecule has 0 radical (unpaired) electrons. The van der Waals surface area contributed by atoms with Crippen molar-refractivity contribution < 1.29 is 5.11 Å². The summed E-state index contributed by atoms with van der Waals surface area (Å²) in [5.41, 5.74) is -0.526. The maximum absolute atomic E-state index is 10.8. The predicted octanol–water partition coefficient (Wildman–Crippen LogP) is 4.62. The molecule has 0 aliphatic heterocycles. The van der Waals surface area contributed by atoms with Crippen molar-refractivity contribution in [2.75, 3.05) is 0 Å². The van der Waals surface area contributed by atoms with Gasteiger partial charge in [-0.3, -0.25) is 0 Å². The molecular weight excluding hydrogens is 228 g/mol. The van der Waals surface area contributed by atoms with Gasteiger partial charge in [0.2, 0.25) is 0 Å². The highest BCUT2D eigenvalue weighted by Crippen LogP contribution is 2.41. The van der Waals surface area contributed by atoms with Gasteiger partial charge in [0.25, 0.3) is 0 Å². The van der Waals surface area contributed by atoms with E-state index in [0.717, 1.165) is 18.8 Å². The first-order valence-corrected chi connectivity index (χ1v) is 7.75. The molecule has 2 atom stereocenters. The van der Waals surface area contributed by atoms with Gasteiger partial charge in [-0.1, -0.05) is 26.2 Å². The molecule has 1 saturated carbocycles. The molecule has 1 heterocycles. The van der Waals surface area contributed by atoms with E-state index in [1.807, 2.05) is 0 Å². The van der Waals surface area contributed by atoms with Crippen LogP contribution in [0.15, 0.2) is 12.1 Å². The van der Waals surface area contributed by atoms with Crippen molar-refractivity contribution in [1.29, 1.82) is 0 Å². The summed E-state index contributed by atoms with van der Waals surface area (Å²) in [6.45, 7) is 4.38. The normalized spacial score (nSPS) is 30.2. The van der Waals surface area contributed by atoms with Crippen LogP contribution in [0.4, 0.5) is 0 Å². The van der Waals surface area contributed by atoms with Crippen LogP contribution in [0.2, 0.25) is 0 Å². The Labute approximate surface area is 109 Å². The first-order chi connectivity index (χ1) is 8.14. The van der Waals surface area contributed by atoms with Gasteiger partial charge in [0.05, 0.1) is 5.60 Å². The Kier molecular flexibility index (Phi) is 4.26. The Balaban J connectivity index is 2.06. The quantitative estimate of drug-likeness (QED) is 0.778. The van der Waals surface area contributed by atoms with E-state index in [-0.39, 0.29) is 0 Å². The van der Waals surface area contributed by atoms with Gasteiger partial charge >= 0.3 is 0 Å². The van der Waals surface area contributed by atoms with Gasteiger partial charge in [-0.15, -0.1) is 11.3 Å². The van der Waals surface area contributed by atoms with E-state index in [9.17, 15) is 5.11 Å². The monoisotopic (exact) mass is 252 g/mol. The molecular formula is C15H24OS. The summed E-state index contributed by atoms with van der Waals surface area (Å²) < 4.78 is 0. The van der Waals surface area contributed by atoms with Crippen LogP contribution in [0.1, 0.15) is 61.6 Å². The lowest BCUT2D eigenvalue weighted by atomic mass is 9.91. The fourth-order valence-electron chi connectivity index (χ4n) is 3.02. The van der Waals surface area contributed by atoms with Crippen molar-refractivity contribution in [1.82, 2.24) is 0 Å². The minimum Gasteiger partial charge on any atom is -0.384 e. The van der Waals surface area contributed by atoms with Crippen LogP contribution in [0.5, 0.6) is 0 Å². The molecule has 0 aromatic carbocycles. The Bertz CT molecular complexity index is 358. The van der Waals surface area contributed by atoms with Crippen molar-refractivity contribution in [3.63, 3.8) is 0 Å². The molecule has 17 heavy (non-hydrogen) atoms. The van der Waals surface area contributed by atoms with Crippen LogP contribution in [0, 0.1) is 12.8 Å². The van der Waals surface area contributed by atoms with Crippen molar-refractivity contribution >= 4 is 11.3 Å². The fourth-order valence-corrected chi connectivity index (χ4v) is 4.04. The fraction of sp³-hybridized carbons (Fsp3) is 0.733. The summed E-state index contributed by atoms with van der Waals surface area (Å²) >= 11 is 1.77. The molecule has 2 rings (SSSR count). The Morgan fingerprint density at radius 2 is 2.18 bits per heavy atom. The van der Waals surface area contributed by atoms with E-state index in [0.29, 0.717) is 0 Å². The summed E-state index contributed by atoms with van der Waals surface area (Å²) in [4.78, 5) is 2.50. The number of rotatable bonds is 3. The second-order valence-electron chi connectivity index (χ2n) is 5.53. The average Bonchev–Trinajstić information content (AvgIpc) is 2.65. The third kappa shape index (κ3) is 3.11. The highest BCUT2D eigenvalue weighted by molar-refractivity contribution is 7.12. The number of aliphatic hydroxyl groups is 1. The number of hydrogen-bond donors (Lipinski definition) is 1. The molecule has 0 saturated heterocycles. The van der Waals surface area contributed by atoms with Crippen LogP contribution < -0.4 is 0 Å². The van der Waals surface area contributed by atoms with Gasteiger partial charge in [-0.2, -0.15) is 0 Å². The highest BCUT2D eigenvalue weighted by atomic mass is 32.1. The molecule has 0 spiro atoms. The van der Waals surface area contributed by atoms with Gasteiger partial charge in [0, 0.05) is 9.75 Å². The van der Waals surface area contributed by atoms with Crippen molar-refractivity contribution in [3.8, 4) is 0 Å². The molecule has 2 heteroatoms. The van der Waals surface area contributed by atoms with Gasteiger partial charge < -0.3 is 5.11 Å². The SMILES string of the molecule is CCCC1CCCC(O)(c2ccc(C)s2)CC1. The van der Waals surface area contributed by atoms with E-state index in [4.69, 9.17) is 0 Å². The largest absolute Gasteiger partial charge is 0.384 e. The summed E-state index contributed by atoms with van der Waals surface area (Å²) in [5.74, 6) is 0.843. The third-order valence-electron chi connectivity index (χ3n) is 4.06. The van der Waals surface area contributed by atoms with Gasteiger partial charge in [-0.05, 0) is 50.7 Å². The number of thiophene rings is 1. The number of aryl methyl sites for hydroxylation is 1. The van der Waals surface area contributed by atoms with Gasteiger partial charge in [-0.25, -0.2) is 0 Å². The first-order valence-electron chi connectivity index (χ1n) is 6.93. The predicted molar refractivity (Wildman–Crippen MR) is 74.4 cm³/mol. The van der Waals surface area contributed by atoms with E-state index >= 15 is 0 Å². The summed E-state index contributed by atoms with van der Waals surface area (Å²) in [5, 5.41) is 10.8. The maximum atomic E-state index is 10.8. The molecule has 0 bridgehead atoms. The molecule has 1 fully saturated rings. The van der Waals surface area contributed by atoms with Crippen LogP contribution in [0.25, 0.3) is 0 Å². The van der Waals surface area contributed by atoms with E-state index in [1.54, 1.807) is 11.3 Å². The van der Waals surface area contributed by atoms with E-state index in [1.165, 1.54) is 41.9 Å². The zero-order valence-corrected chi connectivity index (χ0v) is 11.9. The zero-order valence-electron chi connectivity index (χ0n) is 11.0. The van der Waals surface area contributed by atoms with Gasteiger partial charge in [0.1, 0.15) is 0 Å². The Morgan fingerprint density at radius 1 is 1.35 bits per heavy atom. The van der Waals surface area contributed by atoms with Crippen molar-refractivity contribution in [2.24, 2.45) is 5.92 Å². The highest BCUT2D eigenvalue weighted by Gasteiger charge is 2.33. The molecule has 0 amide bonds. The maximum Gasteiger partial charge on any atom is 0.0988 e. The lowest BCUT2D eigenvalue weighted by molar-refractivity contribution is 0.0232. The second-order valence-corrected chi connectivity index (χ2v) is 6.82. The van der Waals surface area contributed by atoms with Gasteiger partial charge in [0.15, 0.2) is 0 Å². The van der Waals surface area contributed by atoms with Crippen LogP contribution in [-0.2, 0) is 5.60 Å². The molecule has 2 unspecified atom stereocenters. The molecule has 1 aliphatic carbocycles. The van der Waals surface area contributed by atoms with Crippen molar-refractivity contribution in [2.45, 2.75) is 64.4 Å². The lowest BCUT2D eigenvalue weighted by Crippen LogP contribution is -2.23. The molecule has 96 valence electrons. The van der Waals surface area contributed by atoms with Crippen molar-refractivity contribution in [3.05, 3.63) is 21.9 Å². The molecule has 1 aromatic heterocycles. The van der Waals surface area contributed by atoms with Crippen LogP contribution in [-0.4, -0.2) is 5.11 Å².